The Balaban J connectivity index is 3.06. The van der Waals surface area contributed by atoms with Gasteiger partial charge in [0.05, 0.1) is 6.42 Å². The van der Waals surface area contributed by atoms with Crippen molar-refractivity contribution in [1.82, 2.24) is 4.72 Å². The topological polar surface area (TPSA) is 85.3 Å². The van der Waals surface area contributed by atoms with Gasteiger partial charge in [-0.25, -0.2) is 13.1 Å². The summed E-state index contributed by atoms with van der Waals surface area (Å²) in [5.41, 5.74) is 5.73. The number of aryl methyl sites for hydroxylation is 2. The molecule has 0 spiro atoms. The van der Waals surface area contributed by atoms with Crippen molar-refractivity contribution in [2.24, 2.45) is 5.73 Å². The first kappa shape index (κ1) is 17.0. The van der Waals surface area contributed by atoms with Gasteiger partial charge in [0.1, 0.15) is 16.4 Å². The van der Waals surface area contributed by atoms with E-state index in [1.54, 1.807) is 6.92 Å². The zero-order valence-electron chi connectivity index (χ0n) is 11.3. The highest BCUT2D eigenvalue weighted by Gasteiger charge is 2.33. The molecule has 0 radical (unpaired) electrons. The lowest BCUT2D eigenvalue weighted by molar-refractivity contribution is -0.137. The first-order chi connectivity index (χ1) is 8.98. The molecule has 1 aromatic heterocycles. The maximum Gasteiger partial charge on any atom is 0.390 e. The molecule has 9 heteroatoms. The lowest BCUT2D eigenvalue weighted by Crippen LogP contribution is -2.36. The van der Waals surface area contributed by atoms with Crippen molar-refractivity contribution in [2.75, 3.05) is 0 Å². The van der Waals surface area contributed by atoms with Crippen molar-refractivity contribution in [2.45, 2.75) is 50.9 Å². The molecule has 5 nitrogen and oxygen atoms in total. The Kier molecular flexibility index (Phi) is 4.88. The van der Waals surface area contributed by atoms with Gasteiger partial charge in [-0.05, 0) is 20.8 Å². The number of halogens is 3. The second kappa shape index (κ2) is 5.74. The Labute approximate surface area is 115 Å². The van der Waals surface area contributed by atoms with Crippen molar-refractivity contribution in [3.05, 3.63) is 17.1 Å². The summed E-state index contributed by atoms with van der Waals surface area (Å²) < 4.78 is 68.2. The van der Waals surface area contributed by atoms with Crippen LogP contribution < -0.4 is 10.5 Å². The second-order valence-corrected chi connectivity index (χ2v) is 6.22. The van der Waals surface area contributed by atoms with Gasteiger partial charge < -0.3 is 10.2 Å². The molecule has 0 bridgehead atoms. The van der Waals surface area contributed by atoms with E-state index in [0.717, 1.165) is 6.92 Å². The van der Waals surface area contributed by atoms with Gasteiger partial charge in [-0.15, -0.1) is 0 Å². The van der Waals surface area contributed by atoms with Crippen LogP contribution in [-0.4, -0.2) is 20.6 Å². The van der Waals surface area contributed by atoms with Gasteiger partial charge in [0.2, 0.25) is 10.0 Å². The lowest BCUT2D eigenvalue weighted by atomic mass is 10.2. The Bertz CT molecular complexity index is 578. The first-order valence-electron chi connectivity index (χ1n) is 5.86. The minimum absolute atomic E-state index is 0.0763. The fourth-order valence-electron chi connectivity index (χ4n) is 2.01. The van der Waals surface area contributed by atoms with Crippen LogP contribution in [0.2, 0.25) is 0 Å². The maximum atomic E-state index is 12.2. The number of alkyl halides is 3. The van der Waals surface area contributed by atoms with Gasteiger partial charge in [-0.1, -0.05) is 0 Å². The van der Waals surface area contributed by atoms with Gasteiger partial charge in [0, 0.05) is 18.2 Å². The molecule has 1 atom stereocenters. The Morgan fingerprint density at radius 2 is 1.85 bits per heavy atom. The molecule has 0 aliphatic rings. The van der Waals surface area contributed by atoms with Crippen molar-refractivity contribution in [1.29, 1.82) is 0 Å². The number of hydrogen-bond donors (Lipinski definition) is 2. The average molecular weight is 314 g/mol. The van der Waals surface area contributed by atoms with Crippen LogP contribution in [0.15, 0.2) is 9.31 Å². The van der Waals surface area contributed by atoms with Crippen molar-refractivity contribution >= 4 is 10.0 Å². The van der Waals surface area contributed by atoms with E-state index in [0.29, 0.717) is 5.76 Å². The number of nitrogens with one attached hydrogen (secondary N) is 1. The molecule has 1 aromatic rings. The predicted octanol–water partition coefficient (Wildman–Crippen LogP) is 1.97. The minimum atomic E-state index is -4.44. The van der Waals surface area contributed by atoms with E-state index in [2.05, 4.69) is 0 Å². The van der Waals surface area contributed by atoms with Gasteiger partial charge in [-0.2, -0.15) is 13.2 Å². The molecule has 1 unspecified atom stereocenters. The number of hydrogen-bond acceptors (Lipinski definition) is 4. The van der Waals surface area contributed by atoms with Crippen molar-refractivity contribution < 1.29 is 26.0 Å². The van der Waals surface area contributed by atoms with Gasteiger partial charge in [-0.3, -0.25) is 0 Å². The monoisotopic (exact) mass is 314 g/mol. The molecular formula is C11H17F3N2O3S. The largest absolute Gasteiger partial charge is 0.465 e. The summed E-state index contributed by atoms with van der Waals surface area (Å²) in [5, 5.41) is 0. The third-order valence-electron chi connectivity index (χ3n) is 2.69. The third kappa shape index (κ3) is 3.97. The van der Waals surface area contributed by atoms with E-state index in [1.165, 1.54) is 6.92 Å². The Hall–Kier alpha value is -1.06. The van der Waals surface area contributed by atoms with Crippen LogP contribution in [-0.2, 0) is 16.6 Å². The highest BCUT2D eigenvalue weighted by molar-refractivity contribution is 7.89. The van der Waals surface area contributed by atoms with E-state index in [9.17, 15) is 21.6 Å². The molecule has 0 aliphatic heterocycles. The summed E-state index contributed by atoms with van der Waals surface area (Å²) in [6, 6.07) is -1.28. The van der Waals surface area contributed by atoms with Crippen LogP contribution in [0.3, 0.4) is 0 Å². The fourth-order valence-corrected chi connectivity index (χ4v) is 3.71. The molecule has 1 heterocycles. The summed E-state index contributed by atoms with van der Waals surface area (Å²) in [5.74, 6) is 0.448. The highest BCUT2D eigenvalue weighted by Crippen LogP contribution is 2.27. The van der Waals surface area contributed by atoms with Crippen molar-refractivity contribution in [3.8, 4) is 0 Å². The molecule has 0 fully saturated rings. The summed E-state index contributed by atoms with van der Waals surface area (Å²) in [6.45, 7) is 4.05. The molecule has 116 valence electrons. The normalized spacial score (nSPS) is 14.6. The molecule has 0 aliphatic carbocycles. The van der Waals surface area contributed by atoms with Gasteiger partial charge >= 0.3 is 6.18 Å². The molecule has 0 saturated heterocycles. The van der Waals surface area contributed by atoms with E-state index >= 15 is 0 Å². The second-order valence-electron chi connectivity index (χ2n) is 4.57. The number of nitrogens with two attached hydrogens (primary N) is 1. The van der Waals surface area contributed by atoms with Gasteiger partial charge in [0.15, 0.2) is 0 Å². The van der Waals surface area contributed by atoms with Gasteiger partial charge in [0.25, 0.3) is 0 Å². The number of rotatable bonds is 5. The summed E-state index contributed by atoms with van der Waals surface area (Å²) >= 11 is 0. The standard InChI is InChI=1S/C11H17F3N2O3S/c1-6(4-11(12,13)14)16-20(17,18)10-8(3)19-7(2)9(10)5-15/h6,16H,4-5,15H2,1-3H3. The van der Waals surface area contributed by atoms with Crippen LogP contribution >= 0.6 is 0 Å². The van der Waals surface area contributed by atoms with Crippen LogP contribution in [0.25, 0.3) is 0 Å². The van der Waals surface area contributed by atoms with Crippen LogP contribution in [0, 0.1) is 13.8 Å². The first-order valence-corrected chi connectivity index (χ1v) is 7.34. The Morgan fingerprint density at radius 3 is 2.30 bits per heavy atom. The fraction of sp³-hybridized carbons (Fsp3) is 0.636. The summed E-state index contributed by atoms with van der Waals surface area (Å²) in [6.07, 6.45) is -5.69. The van der Waals surface area contributed by atoms with Crippen LogP contribution in [0.5, 0.6) is 0 Å². The molecule has 3 N–H and O–H groups in total. The lowest BCUT2D eigenvalue weighted by Gasteiger charge is -2.16. The zero-order valence-corrected chi connectivity index (χ0v) is 12.2. The quantitative estimate of drug-likeness (QED) is 0.870. The van der Waals surface area contributed by atoms with E-state index in [-0.39, 0.29) is 22.8 Å². The van der Waals surface area contributed by atoms with E-state index in [4.69, 9.17) is 10.2 Å². The number of furan rings is 1. The number of sulfonamides is 1. The smallest absolute Gasteiger partial charge is 0.390 e. The summed E-state index contributed by atoms with van der Waals surface area (Å²) in [7, 11) is -4.11. The third-order valence-corrected chi connectivity index (χ3v) is 4.48. The van der Waals surface area contributed by atoms with Crippen LogP contribution in [0.1, 0.15) is 30.4 Å². The Morgan fingerprint density at radius 1 is 1.30 bits per heavy atom. The SMILES string of the molecule is Cc1oc(C)c(S(=O)(=O)NC(C)CC(F)(F)F)c1CN. The van der Waals surface area contributed by atoms with Crippen LogP contribution in [0.4, 0.5) is 13.2 Å². The van der Waals surface area contributed by atoms with E-state index in [1.807, 2.05) is 4.72 Å². The zero-order chi connectivity index (χ0) is 15.7. The molecule has 1 rings (SSSR count). The highest BCUT2D eigenvalue weighted by atomic mass is 32.2. The minimum Gasteiger partial charge on any atom is -0.465 e. The summed E-state index contributed by atoms with van der Waals surface area (Å²) in [4.78, 5) is -0.175. The van der Waals surface area contributed by atoms with E-state index < -0.39 is 28.7 Å². The average Bonchev–Trinajstić information content (AvgIpc) is 2.49. The molecule has 20 heavy (non-hydrogen) atoms. The maximum absolute atomic E-state index is 12.2. The molecule has 0 aromatic carbocycles. The van der Waals surface area contributed by atoms with Crippen molar-refractivity contribution in [3.63, 3.8) is 0 Å². The molecule has 0 saturated carbocycles. The molecule has 0 amide bonds. The predicted molar refractivity (Wildman–Crippen MR) is 66.5 cm³/mol. The molecular weight excluding hydrogens is 297 g/mol.